The van der Waals surface area contributed by atoms with Gasteiger partial charge in [-0.25, -0.2) is 9.97 Å². The molecule has 0 aliphatic carbocycles. The van der Waals surface area contributed by atoms with Crippen molar-refractivity contribution in [3.05, 3.63) is 17.5 Å². The number of aliphatic hydroxyl groups is 1. The zero-order chi connectivity index (χ0) is 9.68. The van der Waals surface area contributed by atoms with Gasteiger partial charge in [0.25, 0.3) is 0 Å². The minimum Gasteiger partial charge on any atom is -0.391 e. The zero-order valence-electron chi connectivity index (χ0n) is 7.37. The Balaban J connectivity index is 2.50. The van der Waals surface area contributed by atoms with Crippen LogP contribution in [0, 0.1) is 0 Å². The number of nitrogens with one attached hydrogen (secondary N) is 1. The molecule has 13 heavy (non-hydrogen) atoms. The van der Waals surface area contributed by atoms with Gasteiger partial charge in [0.1, 0.15) is 0 Å². The fraction of sp³-hybridized carbons (Fsp3) is 0.500. The van der Waals surface area contributed by atoms with Crippen LogP contribution in [0.5, 0.6) is 0 Å². The topological polar surface area (TPSA) is 58.0 Å². The van der Waals surface area contributed by atoms with Crippen molar-refractivity contribution in [2.45, 2.75) is 19.4 Å². The van der Waals surface area contributed by atoms with Gasteiger partial charge in [-0.15, -0.1) is 0 Å². The van der Waals surface area contributed by atoms with Crippen molar-refractivity contribution in [1.29, 1.82) is 0 Å². The van der Waals surface area contributed by atoms with E-state index in [4.69, 9.17) is 11.6 Å². The molecule has 1 unspecified atom stereocenters. The summed E-state index contributed by atoms with van der Waals surface area (Å²) < 4.78 is 0. The van der Waals surface area contributed by atoms with Gasteiger partial charge in [0.15, 0.2) is 11.0 Å². The zero-order valence-corrected chi connectivity index (χ0v) is 8.12. The summed E-state index contributed by atoms with van der Waals surface area (Å²) >= 11 is 5.73. The Morgan fingerprint density at radius 2 is 2.23 bits per heavy atom. The summed E-state index contributed by atoms with van der Waals surface area (Å²) in [7, 11) is 0. The van der Waals surface area contributed by atoms with Gasteiger partial charge in [-0.1, -0.05) is 18.5 Å². The Hall–Kier alpha value is -0.870. The molecule has 0 amide bonds. The molecule has 1 rings (SSSR count). The predicted octanol–water partition coefficient (Wildman–Crippen LogP) is 1.31. The molecule has 1 heterocycles. The van der Waals surface area contributed by atoms with Crippen molar-refractivity contribution in [3.63, 3.8) is 0 Å². The van der Waals surface area contributed by atoms with E-state index in [1.807, 2.05) is 6.92 Å². The van der Waals surface area contributed by atoms with Gasteiger partial charge in [-0.2, -0.15) is 0 Å². The minimum atomic E-state index is -0.377. The summed E-state index contributed by atoms with van der Waals surface area (Å²) in [4.78, 5) is 7.81. The van der Waals surface area contributed by atoms with Gasteiger partial charge < -0.3 is 10.4 Å². The first-order valence-electron chi connectivity index (χ1n) is 4.12. The second-order valence-corrected chi connectivity index (χ2v) is 3.00. The monoisotopic (exact) mass is 201 g/mol. The number of anilines is 1. The third kappa shape index (κ3) is 3.16. The average Bonchev–Trinajstić information content (AvgIpc) is 2.16. The van der Waals surface area contributed by atoms with Gasteiger partial charge >= 0.3 is 0 Å². The third-order valence-corrected chi connectivity index (χ3v) is 1.91. The predicted molar refractivity (Wildman–Crippen MR) is 51.8 cm³/mol. The van der Waals surface area contributed by atoms with Gasteiger partial charge in [-0.05, 0) is 6.42 Å². The van der Waals surface area contributed by atoms with Gasteiger partial charge in [0.05, 0.1) is 6.10 Å². The molecule has 0 aromatic carbocycles. The SMILES string of the molecule is CCC(O)CNc1nccnc1Cl. The summed E-state index contributed by atoms with van der Waals surface area (Å²) in [6.45, 7) is 2.35. The molecule has 1 atom stereocenters. The van der Waals surface area contributed by atoms with Crippen molar-refractivity contribution in [2.24, 2.45) is 0 Å². The molecule has 2 N–H and O–H groups in total. The van der Waals surface area contributed by atoms with Gasteiger partial charge in [-0.3, -0.25) is 0 Å². The molecular weight excluding hydrogens is 190 g/mol. The number of aliphatic hydroxyl groups excluding tert-OH is 1. The van der Waals surface area contributed by atoms with Crippen LogP contribution in [0.25, 0.3) is 0 Å². The van der Waals surface area contributed by atoms with E-state index in [-0.39, 0.29) is 6.10 Å². The van der Waals surface area contributed by atoms with E-state index in [0.717, 1.165) is 0 Å². The standard InChI is InChI=1S/C8H12ClN3O/c1-2-6(13)5-12-8-7(9)10-3-4-11-8/h3-4,6,13H,2,5H2,1H3,(H,11,12). The van der Waals surface area contributed by atoms with E-state index in [2.05, 4.69) is 15.3 Å². The smallest absolute Gasteiger partial charge is 0.171 e. The number of halogens is 1. The Morgan fingerprint density at radius 3 is 2.85 bits per heavy atom. The first kappa shape index (κ1) is 10.2. The first-order valence-corrected chi connectivity index (χ1v) is 4.50. The maximum atomic E-state index is 9.26. The number of hydrogen-bond donors (Lipinski definition) is 2. The van der Waals surface area contributed by atoms with E-state index in [0.29, 0.717) is 23.9 Å². The van der Waals surface area contributed by atoms with Crippen molar-refractivity contribution >= 4 is 17.4 Å². The summed E-state index contributed by atoms with van der Waals surface area (Å²) in [5.41, 5.74) is 0. The summed E-state index contributed by atoms with van der Waals surface area (Å²) in [5, 5.41) is 12.5. The van der Waals surface area contributed by atoms with Crippen LogP contribution < -0.4 is 5.32 Å². The summed E-state index contributed by atoms with van der Waals surface area (Å²) in [5.74, 6) is 0.511. The van der Waals surface area contributed by atoms with Crippen molar-refractivity contribution in [2.75, 3.05) is 11.9 Å². The molecular formula is C8H12ClN3O. The maximum absolute atomic E-state index is 9.26. The fourth-order valence-electron chi connectivity index (χ4n) is 0.798. The third-order valence-electron chi connectivity index (χ3n) is 1.63. The number of aromatic nitrogens is 2. The molecule has 5 heteroatoms. The van der Waals surface area contributed by atoms with Crippen LogP contribution in [0.1, 0.15) is 13.3 Å². The maximum Gasteiger partial charge on any atom is 0.171 e. The molecule has 0 aliphatic rings. The highest BCUT2D eigenvalue weighted by Crippen LogP contribution is 2.13. The Kier molecular flexibility index (Phi) is 3.92. The fourth-order valence-corrected chi connectivity index (χ4v) is 0.970. The minimum absolute atomic E-state index is 0.325. The molecule has 0 radical (unpaired) electrons. The summed E-state index contributed by atoms with van der Waals surface area (Å²) in [6, 6.07) is 0. The van der Waals surface area contributed by atoms with Crippen LogP contribution in [0.3, 0.4) is 0 Å². The Labute approximate surface area is 82.0 Å². The van der Waals surface area contributed by atoms with Gasteiger partial charge in [0, 0.05) is 18.9 Å². The lowest BCUT2D eigenvalue weighted by Gasteiger charge is -2.09. The number of nitrogens with zero attached hydrogens (tertiary/aromatic N) is 2. The van der Waals surface area contributed by atoms with Crippen LogP contribution in [-0.2, 0) is 0 Å². The molecule has 0 bridgehead atoms. The largest absolute Gasteiger partial charge is 0.391 e. The molecule has 4 nitrogen and oxygen atoms in total. The van der Waals surface area contributed by atoms with Crippen LogP contribution >= 0.6 is 11.6 Å². The van der Waals surface area contributed by atoms with Crippen LogP contribution in [-0.4, -0.2) is 27.7 Å². The van der Waals surface area contributed by atoms with E-state index >= 15 is 0 Å². The molecule has 0 saturated carbocycles. The number of rotatable bonds is 4. The summed E-state index contributed by atoms with van der Waals surface area (Å²) in [6.07, 6.45) is 3.39. The molecule has 1 aromatic heterocycles. The Bertz CT molecular complexity index is 269. The van der Waals surface area contributed by atoms with Gasteiger partial charge in [0.2, 0.25) is 0 Å². The highest BCUT2D eigenvalue weighted by atomic mass is 35.5. The highest BCUT2D eigenvalue weighted by molar-refractivity contribution is 6.31. The lowest BCUT2D eigenvalue weighted by Crippen LogP contribution is -2.19. The first-order chi connectivity index (χ1) is 6.24. The van der Waals surface area contributed by atoms with E-state index in [1.165, 1.54) is 6.20 Å². The van der Waals surface area contributed by atoms with Crippen molar-refractivity contribution in [3.8, 4) is 0 Å². The van der Waals surface area contributed by atoms with E-state index < -0.39 is 0 Å². The second-order valence-electron chi connectivity index (χ2n) is 2.64. The lowest BCUT2D eigenvalue weighted by atomic mass is 10.3. The molecule has 0 spiro atoms. The lowest BCUT2D eigenvalue weighted by molar-refractivity contribution is 0.183. The average molecular weight is 202 g/mol. The quantitative estimate of drug-likeness (QED) is 0.772. The normalized spacial score (nSPS) is 12.5. The molecule has 0 aliphatic heterocycles. The van der Waals surface area contributed by atoms with Crippen LogP contribution in [0.2, 0.25) is 5.15 Å². The molecule has 0 fully saturated rings. The second kappa shape index (κ2) is 4.99. The van der Waals surface area contributed by atoms with E-state index in [9.17, 15) is 5.11 Å². The Morgan fingerprint density at radius 1 is 1.54 bits per heavy atom. The van der Waals surface area contributed by atoms with Crippen LogP contribution in [0.15, 0.2) is 12.4 Å². The van der Waals surface area contributed by atoms with Crippen molar-refractivity contribution in [1.82, 2.24) is 9.97 Å². The van der Waals surface area contributed by atoms with Crippen LogP contribution in [0.4, 0.5) is 5.82 Å². The molecule has 1 aromatic rings. The molecule has 72 valence electrons. The van der Waals surface area contributed by atoms with Crippen molar-refractivity contribution < 1.29 is 5.11 Å². The number of hydrogen-bond acceptors (Lipinski definition) is 4. The highest BCUT2D eigenvalue weighted by Gasteiger charge is 2.04. The van der Waals surface area contributed by atoms with E-state index in [1.54, 1.807) is 6.20 Å². The molecule has 0 saturated heterocycles.